The summed E-state index contributed by atoms with van der Waals surface area (Å²) < 4.78 is 1.99. The molecule has 0 bridgehead atoms. The number of aromatic nitrogens is 4. The molecule has 0 aliphatic carbocycles. The van der Waals surface area contributed by atoms with Crippen molar-refractivity contribution in [1.29, 1.82) is 0 Å². The van der Waals surface area contributed by atoms with Crippen LogP contribution in [-0.2, 0) is 24.3 Å². The number of carbonyl (C=O) groups excluding carboxylic acids is 1. The Morgan fingerprint density at radius 1 is 1.07 bits per heavy atom. The van der Waals surface area contributed by atoms with Gasteiger partial charge in [0.05, 0.1) is 29.8 Å². The first-order valence-electron chi connectivity index (χ1n) is 9.90. The molecule has 2 aromatic carbocycles. The van der Waals surface area contributed by atoms with Crippen molar-refractivity contribution < 1.29 is 4.79 Å². The highest BCUT2D eigenvalue weighted by molar-refractivity contribution is 5.87. The third-order valence-corrected chi connectivity index (χ3v) is 5.81. The molecule has 0 radical (unpaired) electrons. The van der Waals surface area contributed by atoms with Gasteiger partial charge in [-0.25, -0.2) is 4.98 Å². The van der Waals surface area contributed by atoms with Crippen molar-refractivity contribution in [2.45, 2.75) is 25.6 Å². The van der Waals surface area contributed by atoms with Gasteiger partial charge in [0.15, 0.2) is 5.82 Å². The Morgan fingerprint density at radius 2 is 1.93 bits per heavy atom. The van der Waals surface area contributed by atoms with E-state index < -0.39 is 0 Å². The fourth-order valence-electron chi connectivity index (χ4n) is 4.31. The van der Waals surface area contributed by atoms with Crippen LogP contribution in [0.1, 0.15) is 11.3 Å². The van der Waals surface area contributed by atoms with Gasteiger partial charge in [0.1, 0.15) is 11.7 Å². The highest BCUT2D eigenvalue weighted by Gasteiger charge is 2.32. The zero-order valence-electron chi connectivity index (χ0n) is 15.8. The van der Waals surface area contributed by atoms with E-state index >= 15 is 0 Å². The molecule has 0 fully saturated rings. The molecule has 2 N–H and O–H groups in total. The van der Waals surface area contributed by atoms with Crippen molar-refractivity contribution in [3.63, 3.8) is 0 Å². The molecular weight excluding hydrogens is 364 g/mol. The number of anilines is 1. The second kappa shape index (κ2) is 6.20. The van der Waals surface area contributed by atoms with Crippen LogP contribution in [0.4, 0.5) is 5.69 Å². The summed E-state index contributed by atoms with van der Waals surface area (Å²) >= 11 is 0. The Balaban J connectivity index is 1.22. The predicted molar refractivity (Wildman–Crippen MR) is 110 cm³/mol. The Bertz CT molecular complexity index is 1180. The summed E-state index contributed by atoms with van der Waals surface area (Å²) in [5.41, 5.74) is 6.06. The van der Waals surface area contributed by atoms with Gasteiger partial charge < -0.3 is 15.2 Å². The summed E-state index contributed by atoms with van der Waals surface area (Å²) in [4.78, 5) is 23.0. The van der Waals surface area contributed by atoms with E-state index in [1.54, 1.807) is 0 Å². The van der Waals surface area contributed by atoms with E-state index in [1.807, 2.05) is 58.1 Å². The zero-order chi connectivity index (χ0) is 19.4. The van der Waals surface area contributed by atoms with Gasteiger partial charge in [0, 0.05) is 18.7 Å². The van der Waals surface area contributed by atoms with E-state index in [-0.39, 0.29) is 11.9 Å². The average Bonchev–Trinajstić information content (AvgIpc) is 3.47. The minimum absolute atomic E-state index is 0.152. The van der Waals surface area contributed by atoms with E-state index in [0.717, 1.165) is 40.4 Å². The number of para-hydroxylation sites is 3. The Labute approximate surface area is 167 Å². The van der Waals surface area contributed by atoms with Crippen molar-refractivity contribution in [2.24, 2.45) is 0 Å². The third kappa shape index (κ3) is 2.69. The molecule has 1 atom stereocenters. The number of carbonyl (C=O) groups is 1. The number of aromatic amines is 1. The second-order valence-electron chi connectivity index (χ2n) is 7.66. The number of rotatable bonds is 2. The second-order valence-corrected chi connectivity index (χ2v) is 7.66. The van der Waals surface area contributed by atoms with Gasteiger partial charge in [-0.05, 0) is 29.8 Å². The normalized spacial score (nSPS) is 17.8. The van der Waals surface area contributed by atoms with Crippen LogP contribution in [0.3, 0.4) is 0 Å². The number of nitrogens with one attached hydrogen (secondary N) is 2. The fourth-order valence-corrected chi connectivity index (χ4v) is 4.31. The quantitative estimate of drug-likeness (QED) is 0.557. The molecule has 6 rings (SSSR count). The number of fused-ring (bicyclic) bond motifs is 3. The molecule has 29 heavy (non-hydrogen) atoms. The molecule has 144 valence electrons. The number of imidazole rings is 1. The van der Waals surface area contributed by atoms with Gasteiger partial charge in [-0.1, -0.05) is 30.3 Å². The molecule has 2 aliphatic rings. The molecule has 2 aromatic heterocycles. The van der Waals surface area contributed by atoms with Gasteiger partial charge in [-0.15, -0.1) is 0 Å². The molecule has 0 saturated heterocycles. The summed E-state index contributed by atoms with van der Waals surface area (Å²) in [7, 11) is 0. The summed E-state index contributed by atoms with van der Waals surface area (Å²) in [6, 6.07) is 17.9. The number of hydrogen-bond acceptors (Lipinski definition) is 4. The summed E-state index contributed by atoms with van der Waals surface area (Å²) in [5.74, 6) is 0.915. The molecule has 4 heterocycles. The standard InChI is InChI=1S/C22H20N6O/c29-22(20-11-14-5-1-2-6-16(14)23-20)27-9-10-28-15(13-27)12-19(26-28)21-24-17-7-3-4-8-18(17)25-21/h1-8,12,20,23H,9-11,13H2,(H,24,25)/t20-/m0/s1. The topological polar surface area (TPSA) is 78.8 Å². The Kier molecular flexibility index (Phi) is 3.50. The maximum Gasteiger partial charge on any atom is 0.245 e. The molecule has 0 spiro atoms. The first-order chi connectivity index (χ1) is 14.2. The monoisotopic (exact) mass is 384 g/mol. The van der Waals surface area contributed by atoms with E-state index in [2.05, 4.69) is 21.4 Å². The number of H-pyrrole nitrogens is 1. The summed E-state index contributed by atoms with van der Waals surface area (Å²) in [5, 5.41) is 8.08. The molecule has 0 saturated carbocycles. The van der Waals surface area contributed by atoms with Crippen LogP contribution in [0, 0.1) is 0 Å². The van der Waals surface area contributed by atoms with Crippen LogP contribution >= 0.6 is 0 Å². The molecule has 0 unspecified atom stereocenters. The van der Waals surface area contributed by atoms with Crippen molar-refractivity contribution in [2.75, 3.05) is 11.9 Å². The summed E-state index contributed by atoms with van der Waals surface area (Å²) in [6.07, 6.45) is 0.745. The third-order valence-electron chi connectivity index (χ3n) is 5.81. The Morgan fingerprint density at radius 3 is 2.83 bits per heavy atom. The highest BCUT2D eigenvalue weighted by Crippen LogP contribution is 2.28. The van der Waals surface area contributed by atoms with Crippen LogP contribution in [0.5, 0.6) is 0 Å². The first-order valence-corrected chi connectivity index (χ1v) is 9.90. The largest absolute Gasteiger partial charge is 0.373 e. The average molecular weight is 384 g/mol. The molecule has 7 nitrogen and oxygen atoms in total. The smallest absolute Gasteiger partial charge is 0.245 e. The van der Waals surface area contributed by atoms with Crippen LogP contribution in [0.15, 0.2) is 54.6 Å². The van der Waals surface area contributed by atoms with E-state index in [9.17, 15) is 4.79 Å². The Hall–Kier alpha value is -3.61. The lowest BCUT2D eigenvalue weighted by Gasteiger charge is -2.29. The van der Waals surface area contributed by atoms with Crippen molar-refractivity contribution in [3.05, 3.63) is 65.9 Å². The highest BCUT2D eigenvalue weighted by atomic mass is 16.2. The van der Waals surface area contributed by atoms with Crippen LogP contribution in [0.2, 0.25) is 0 Å². The predicted octanol–water partition coefficient (Wildman–Crippen LogP) is 2.81. The van der Waals surface area contributed by atoms with E-state index in [0.29, 0.717) is 19.6 Å². The zero-order valence-corrected chi connectivity index (χ0v) is 15.8. The molecule has 2 aliphatic heterocycles. The molecule has 7 heteroatoms. The van der Waals surface area contributed by atoms with Gasteiger partial charge >= 0.3 is 0 Å². The lowest BCUT2D eigenvalue weighted by Crippen LogP contribution is -2.45. The summed E-state index contributed by atoms with van der Waals surface area (Å²) in [6.45, 7) is 1.93. The van der Waals surface area contributed by atoms with Crippen molar-refractivity contribution in [3.8, 4) is 11.5 Å². The lowest BCUT2D eigenvalue weighted by atomic mass is 10.1. The van der Waals surface area contributed by atoms with Crippen LogP contribution in [0.25, 0.3) is 22.6 Å². The SMILES string of the molecule is O=C([C@@H]1Cc2ccccc2N1)N1CCn2nc(-c3nc4ccccc4[nH]3)cc2C1. The lowest BCUT2D eigenvalue weighted by molar-refractivity contribution is -0.133. The number of hydrogen-bond donors (Lipinski definition) is 2. The fraction of sp³-hybridized carbons (Fsp3) is 0.227. The number of amides is 1. The van der Waals surface area contributed by atoms with Gasteiger partial charge in [-0.2, -0.15) is 5.10 Å². The van der Waals surface area contributed by atoms with E-state index in [1.165, 1.54) is 5.56 Å². The van der Waals surface area contributed by atoms with Crippen LogP contribution < -0.4 is 5.32 Å². The van der Waals surface area contributed by atoms with Crippen molar-refractivity contribution in [1.82, 2.24) is 24.6 Å². The van der Waals surface area contributed by atoms with Crippen molar-refractivity contribution >= 4 is 22.6 Å². The minimum Gasteiger partial charge on any atom is -0.373 e. The molecule has 1 amide bonds. The van der Waals surface area contributed by atoms with Gasteiger partial charge in [0.25, 0.3) is 0 Å². The number of benzene rings is 2. The van der Waals surface area contributed by atoms with Crippen LogP contribution in [-0.4, -0.2) is 43.1 Å². The van der Waals surface area contributed by atoms with Gasteiger partial charge in [-0.3, -0.25) is 9.48 Å². The van der Waals surface area contributed by atoms with Gasteiger partial charge in [0.2, 0.25) is 5.91 Å². The first kappa shape index (κ1) is 16.4. The van der Waals surface area contributed by atoms with E-state index in [4.69, 9.17) is 5.10 Å². The maximum atomic E-state index is 13.1. The minimum atomic E-state index is -0.184. The molecule has 4 aromatic rings. The molecular formula is C22H20N6O. The number of nitrogens with zero attached hydrogens (tertiary/aromatic N) is 4. The maximum absolute atomic E-state index is 13.1.